The molecule has 0 bridgehead atoms. The third kappa shape index (κ3) is 2.43. The van der Waals surface area contributed by atoms with Crippen LogP contribution in [0.3, 0.4) is 0 Å². The van der Waals surface area contributed by atoms with Crippen LogP contribution in [0.4, 0.5) is 0 Å². The van der Waals surface area contributed by atoms with Crippen molar-refractivity contribution in [3.05, 3.63) is 59.3 Å². The van der Waals surface area contributed by atoms with Gasteiger partial charge >= 0.3 is 0 Å². The van der Waals surface area contributed by atoms with Gasteiger partial charge in [-0.2, -0.15) is 0 Å². The zero-order valence-corrected chi connectivity index (χ0v) is 14.6. The van der Waals surface area contributed by atoms with Gasteiger partial charge < -0.3 is 9.40 Å². The molecule has 3 heterocycles. The first-order valence-corrected chi connectivity index (χ1v) is 9.15. The quantitative estimate of drug-likeness (QED) is 0.340. The van der Waals surface area contributed by atoms with Crippen molar-refractivity contribution < 1.29 is 4.42 Å². The maximum absolute atomic E-state index is 5.35. The highest BCUT2D eigenvalue weighted by atomic mass is 32.2. The Bertz CT molecular complexity index is 1280. The Hall–Kier alpha value is -2.64. The maximum Gasteiger partial charge on any atom is 0.284 e. The van der Waals surface area contributed by atoms with Gasteiger partial charge in [0.25, 0.3) is 4.84 Å². The molecule has 0 fully saturated rings. The summed E-state index contributed by atoms with van der Waals surface area (Å²) in [7, 11) is 0. The third-order valence-electron chi connectivity index (χ3n) is 4.13. The molecule has 5 nitrogen and oxygen atoms in total. The molecule has 0 aliphatic rings. The fourth-order valence-corrected chi connectivity index (χ4v) is 4.06. The van der Waals surface area contributed by atoms with Gasteiger partial charge in [0.1, 0.15) is 5.03 Å². The third-order valence-corrected chi connectivity index (χ3v) is 5.28. The summed E-state index contributed by atoms with van der Waals surface area (Å²) >= 11 is 6.53. The molecule has 0 aliphatic heterocycles. The molecule has 0 amide bonds. The van der Waals surface area contributed by atoms with Gasteiger partial charge in [-0.25, -0.2) is 10.1 Å². The van der Waals surface area contributed by atoms with Crippen molar-refractivity contribution in [1.82, 2.24) is 20.2 Å². The van der Waals surface area contributed by atoms with E-state index in [1.807, 2.05) is 24.3 Å². The normalized spacial score (nSPS) is 11.7. The second-order valence-corrected chi connectivity index (χ2v) is 6.99. The topological polar surface area (TPSA) is 70.5 Å². The summed E-state index contributed by atoms with van der Waals surface area (Å²) in [4.78, 5) is 8.74. The van der Waals surface area contributed by atoms with Crippen molar-refractivity contribution in [2.75, 3.05) is 0 Å². The number of thioether (sulfide) groups is 1. The number of para-hydroxylation sites is 1. The molecule has 122 valence electrons. The highest BCUT2D eigenvalue weighted by Crippen LogP contribution is 2.35. The molecule has 0 atom stereocenters. The Morgan fingerprint density at radius 1 is 1.00 bits per heavy atom. The number of hydrogen-bond acceptors (Lipinski definition) is 5. The van der Waals surface area contributed by atoms with Crippen LogP contribution in [0.5, 0.6) is 0 Å². The van der Waals surface area contributed by atoms with Crippen molar-refractivity contribution in [2.24, 2.45) is 0 Å². The molecule has 7 heteroatoms. The van der Waals surface area contributed by atoms with Crippen molar-refractivity contribution in [2.45, 2.75) is 10.8 Å². The van der Waals surface area contributed by atoms with E-state index in [1.54, 1.807) is 11.8 Å². The second kappa shape index (κ2) is 5.72. The molecule has 25 heavy (non-hydrogen) atoms. The fraction of sp³-hybridized carbons (Fsp3) is 0.0556. The van der Waals surface area contributed by atoms with E-state index in [2.05, 4.69) is 39.4 Å². The van der Waals surface area contributed by atoms with Crippen LogP contribution in [0.2, 0.25) is 0 Å². The maximum atomic E-state index is 5.35. The minimum absolute atomic E-state index is 0.292. The molecule has 0 spiro atoms. The first kappa shape index (κ1) is 14.7. The molecule has 0 saturated carbocycles. The predicted molar refractivity (Wildman–Crippen MR) is 102 cm³/mol. The number of nitrogens with one attached hydrogen (secondary N) is 2. The van der Waals surface area contributed by atoms with Crippen LogP contribution >= 0.6 is 24.0 Å². The second-order valence-electron chi connectivity index (χ2n) is 5.65. The summed E-state index contributed by atoms with van der Waals surface area (Å²) < 4.78 is 5.35. The number of aromatic amines is 2. The van der Waals surface area contributed by atoms with E-state index in [9.17, 15) is 0 Å². The van der Waals surface area contributed by atoms with Crippen LogP contribution in [-0.4, -0.2) is 20.2 Å². The summed E-state index contributed by atoms with van der Waals surface area (Å²) in [6.07, 6.45) is 0. The van der Waals surface area contributed by atoms with Crippen LogP contribution in [-0.2, 0) is 5.75 Å². The zero-order chi connectivity index (χ0) is 16.8. The number of pyridine rings is 1. The molecule has 2 aromatic carbocycles. The van der Waals surface area contributed by atoms with E-state index < -0.39 is 0 Å². The standard InChI is InChI=1S/C18H12N4OS2/c24-18-22-21-14(23-18)9-25-17-11-6-2-1-5-10(11)15-16(20-17)12-7-3-4-8-13(12)19-15/h1-8,19H,9H2,(H,22,24). The van der Waals surface area contributed by atoms with Gasteiger partial charge in [0.05, 0.1) is 16.8 Å². The molecule has 3 aromatic heterocycles. The van der Waals surface area contributed by atoms with Crippen molar-refractivity contribution in [3.8, 4) is 0 Å². The molecule has 2 N–H and O–H groups in total. The van der Waals surface area contributed by atoms with E-state index >= 15 is 0 Å². The highest BCUT2D eigenvalue weighted by Gasteiger charge is 2.14. The lowest BCUT2D eigenvalue weighted by atomic mass is 10.1. The minimum Gasteiger partial charge on any atom is -0.413 e. The van der Waals surface area contributed by atoms with Gasteiger partial charge in [-0.1, -0.05) is 54.2 Å². The predicted octanol–water partition coefficient (Wildman–Crippen LogP) is 5.21. The number of fused-ring (bicyclic) bond motifs is 5. The summed E-state index contributed by atoms with van der Waals surface area (Å²) in [5.41, 5.74) is 3.15. The molecule has 0 unspecified atom stereocenters. The number of benzene rings is 2. The number of hydrogen-bond donors (Lipinski definition) is 2. The van der Waals surface area contributed by atoms with Crippen LogP contribution in [0, 0.1) is 4.84 Å². The number of nitrogens with zero attached hydrogens (tertiary/aromatic N) is 2. The summed E-state index contributed by atoms with van der Waals surface area (Å²) in [5.74, 6) is 1.14. The minimum atomic E-state index is 0.292. The molecule has 5 rings (SSSR count). The van der Waals surface area contributed by atoms with Gasteiger partial charge in [0.2, 0.25) is 5.89 Å². The SMILES string of the molecule is S=c1[nH]nc(CSc2nc3c4ccccc4[nH]c3c3ccccc23)o1. The lowest BCUT2D eigenvalue weighted by Gasteiger charge is -2.06. The van der Waals surface area contributed by atoms with Crippen molar-refractivity contribution in [1.29, 1.82) is 0 Å². The zero-order valence-electron chi connectivity index (χ0n) is 12.9. The van der Waals surface area contributed by atoms with E-state index in [0.29, 0.717) is 16.5 Å². The van der Waals surface area contributed by atoms with Gasteiger partial charge in [-0.3, -0.25) is 0 Å². The van der Waals surface area contributed by atoms with Gasteiger partial charge in [-0.15, -0.1) is 5.10 Å². The monoisotopic (exact) mass is 364 g/mol. The Labute approximate surface area is 151 Å². The van der Waals surface area contributed by atoms with Gasteiger partial charge in [0.15, 0.2) is 0 Å². The van der Waals surface area contributed by atoms with Crippen LogP contribution in [0.15, 0.2) is 58.0 Å². The lowest BCUT2D eigenvalue weighted by Crippen LogP contribution is -1.88. The number of rotatable bonds is 3. The fourth-order valence-electron chi connectivity index (χ4n) is 3.05. The number of aromatic nitrogens is 4. The molecule has 5 aromatic rings. The number of H-pyrrole nitrogens is 2. The largest absolute Gasteiger partial charge is 0.413 e. The average Bonchev–Trinajstić information content (AvgIpc) is 3.23. The molecule has 0 radical (unpaired) electrons. The summed E-state index contributed by atoms with van der Waals surface area (Å²) in [5, 5.41) is 11.1. The van der Waals surface area contributed by atoms with Gasteiger partial charge in [0, 0.05) is 21.7 Å². The van der Waals surface area contributed by atoms with Crippen LogP contribution < -0.4 is 0 Å². The van der Waals surface area contributed by atoms with E-state index in [4.69, 9.17) is 21.6 Å². The summed E-state index contributed by atoms with van der Waals surface area (Å²) in [6.45, 7) is 0. The first-order valence-electron chi connectivity index (χ1n) is 7.76. The Morgan fingerprint density at radius 3 is 2.56 bits per heavy atom. The van der Waals surface area contributed by atoms with E-state index in [-0.39, 0.29) is 0 Å². The Balaban J connectivity index is 1.72. The first-order chi connectivity index (χ1) is 12.3. The van der Waals surface area contributed by atoms with Crippen LogP contribution in [0.25, 0.3) is 32.7 Å². The Kier molecular flexibility index (Phi) is 3.36. The smallest absolute Gasteiger partial charge is 0.284 e. The van der Waals surface area contributed by atoms with E-state index in [1.165, 1.54) is 0 Å². The molecule has 0 aliphatic carbocycles. The molecule has 0 saturated heterocycles. The summed E-state index contributed by atoms with van der Waals surface area (Å²) in [6, 6.07) is 16.5. The van der Waals surface area contributed by atoms with Gasteiger partial charge in [-0.05, 0) is 18.3 Å². The Morgan fingerprint density at radius 2 is 1.76 bits per heavy atom. The highest BCUT2D eigenvalue weighted by molar-refractivity contribution is 7.98. The van der Waals surface area contributed by atoms with Crippen LogP contribution in [0.1, 0.15) is 5.89 Å². The molecular formula is C18H12N4OS2. The van der Waals surface area contributed by atoms with E-state index in [0.717, 1.165) is 37.7 Å². The average molecular weight is 364 g/mol. The lowest BCUT2D eigenvalue weighted by molar-refractivity contribution is 0.500. The van der Waals surface area contributed by atoms with Crippen molar-refractivity contribution in [3.63, 3.8) is 0 Å². The van der Waals surface area contributed by atoms with Crippen molar-refractivity contribution >= 4 is 56.7 Å². The molecular weight excluding hydrogens is 352 g/mol.